The molecule has 0 bridgehead atoms. The maximum absolute atomic E-state index is 4.88. The van der Waals surface area contributed by atoms with Crippen LogP contribution in [0.4, 0.5) is 0 Å². The van der Waals surface area contributed by atoms with Crippen LogP contribution in [0.15, 0.2) is 0 Å². The Bertz CT molecular complexity index is 84.7. The molecule has 0 nitrogen and oxygen atoms in total. The van der Waals surface area contributed by atoms with Gasteiger partial charge in [0.25, 0.3) is 0 Å². The molecule has 0 amide bonds. The van der Waals surface area contributed by atoms with Crippen molar-refractivity contribution < 1.29 is 0 Å². The molecule has 2 atom stereocenters. The predicted molar refractivity (Wildman–Crippen MR) is 101 cm³/mol. The van der Waals surface area contributed by atoms with E-state index in [1.54, 1.807) is 0 Å². The van der Waals surface area contributed by atoms with E-state index in [0.29, 0.717) is 10.5 Å². The van der Waals surface area contributed by atoms with Crippen LogP contribution in [0.2, 0.25) is 0 Å². The molecule has 0 fully saturated rings. The monoisotopic (exact) mass is 412 g/mol. The minimum absolute atomic E-state index is 0. The van der Waals surface area contributed by atoms with Gasteiger partial charge >= 0.3 is 23.9 Å². The molecule has 4 radical (unpaired) electrons. The Morgan fingerprint density at radius 3 is 0.895 bits per heavy atom. The first-order chi connectivity index (χ1) is 8.37. The Morgan fingerprint density at radius 2 is 0.895 bits per heavy atom. The van der Waals surface area contributed by atoms with Crippen LogP contribution >= 0.6 is 0 Å². The summed E-state index contributed by atoms with van der Waals surface area (Å²) in [6.45, 7) is 19.4. The van der Waals surface area contributed by atoms with Gasteiger partial charge in [0.15, 0.2) is 0 Å². The SMILES string of the molecule is CCCC(C)[S-].CCCC(C)[S-].[CH2]CC.[CH2]CC.[Sn+2]. The molecule has 0 heterocycles. The summed E-state index contributed by atoms with van der Waals surface area (Å²) in [5, 5.41) is 0.963. The van der Waals surface area contributed by atoms with Crippen LogP contribution < -0.4 is 0 Å². The third-order valence-electron chi connectivity index (χ3n) is 1.39. The normalized spacial score (nSPS) is 11.1. The first kappa shape index (κ1) is 32.4. The molecular weight excluding hydrogens is 375 g/mol. The van der Waals surface area contributed by atoms with E-state index in [2.05, 4.69) is 41.5 Å². The number of hydrogen-bond acceptors (Lipinski definition) is 2. The van der Waals surface area contributed by atoms with E-state index in [1.165, 1.54) is 25.7 Å². The molecule has 0 N–H and O–H groups in total. The molecule has 116 valence electrons. The summed E-state index contributed by atoms with van der Waals surface area (Å²) >= 11 is 9.76. The summed E-state index contributed by atoms with van der Waals surface area (Å²) in [5.74, 6) is 0. The third-order valence-corrected chi connectivity index (χ3v) is 1.86. The Kier molecular flexibility index (Phi) is 62.5. The number of rotatable bonds is 4. The zero-order valence-corrected chi connectivity index (χ0v) is 18.6. The molecule has 0 saturated heterocycles. The quantitative estimate of drug-likeness (QED) is 0.441. The molecule has 0 rings (SSSR count). The van der Waals surface area contributed by atoms with Crippen LogP contribution in [0.25, 0.3) is 0 Å². The van der Waals surface area contributed by atoms with Crippen molar-refractivity contribution in [2.75, 3.05) is 0 Å². The van der Waals surface area contributed by atoms with Gasteiger partial charge in [-0.2, -0.15) is 10.5 Å². The van der Waals surface area contributed by atoms with Gasteiger partial charge in [0.1, 0.15) is 0 Å². The predicted octanol–water partition coefficient (Wildman–Crippen LogP) is 5.52. The van der Waals surface area contributed by atoms with E-state index in [9.17, 15) is 0 Å². The van der Waals surface area contributed by atoms with Gasteiger partial charge in [-0.05, 0) is 0 Å². The second-order valence-corrected chi connectivity index (χ2v) is 5.81. The van der Waals surface area contributed by atoms with Gasteiger partial charge in [0.05, 0.1) is 0 Å². The second-order valence-electron chi connectivity index (χ2n) is 4.20. The molecule has 0 saturated carbocycles. The van der Waals surface area contributed by atoms with Crippen molar-refractivity contribution in [3.63, 3.8) is 0 Å². The molecule has 0 aromatic rings. The van der Waals surface area contributed by atoms with Crippen LogP contribution in [0, 0.1) is 13.8 Å². The molecule has 2 unspecified atom stereocenters. The second kappa shape index (κ2) is 36.6. The van der Waals surface area contributed by atoms with Crippen molar-refractivity contribution in [3.05, 3.63) is 13.8 Å². The van der Waals surface area contributed by atoms with Crippen LogP contribution in [0.1, 0.15) is 80.1 Å². The van der Waals surface area contributed by atoms with Gasteiger partial charge in [-0.15, -0.1) is 0 Å². The minimum atomic E-state index is 0. The molecule has 3 heteroatoms. The zero-order valence-electron chi connectivity index (χ0n) is 14.1. The van der Waals surface area contributed by atoms with Crippen LogP contribution in [0.3, 0.4) is 0 Å². The zero-order chi connectivity index (χ0) is 15.4. The fourth-order valence-corrected chi connectivity index (χ4v) is 1.28. The van der Waals surface area contributed by atoms with Crippen LogP contribution in [-0.2, 0) is 25.3 Å². The molecule has 0 aromatic heterocycles. The molecule has 0 aliphatic heterocycles. The standard InChI is InChI=1S/2C5H12S.2C3H7.Sn/c2*1-3-4-5(2)6;2*1-3-2;/h2*5-6H,3-4H2,1-2H3;2*1,3H2,2H3;/q;;;;+2/p-2. The van der Waals surface area contributed by atoms with Gasteiger partial charge in [-0.25, -0.2) is 0 Å². The topological polar surface area (TPSA) is 0 Å². The average molecular weight is 411 g/mol. The Morgan fingerprint density at radius 1 is 0.737 bits per heavy atom. The van der Waals surface area contributed by atoms with Crippen molar-refractivity contribution in [1.29, 1.82) is 0 Å². The van der Waals surface area contributed by atoms with Gasteiger partial charge in [-0.3, -0.25) is 0 Å². The van der Waals surface area contributed by atoms with Crippen molar-refractivity contribution >= 4 is 49.2 Å². The average Bonchev–Trinajstić information content (AvgIpc) is 2.20. The summed E-state index contributed by atoms with van der Waals surface area (Å²) < 4.78 is 0. The fourth-order valence-electron chi connectivity index (χ4n) is 0.813. The van der Waals surface area contributed by atoms with Gasteiger partial charge in [0.2, 0.25) is 0 Å². The molecule has 0 aliphatic rings. The van der Waals surface area contributed by atoms with Crippen molar-refractivity contribution in [3.8, 4) is 0 Å². The molecule has 19 heavy (non-hydrogen) atoms. The fraction of sp³-hybridized carbons (Fsp3) is 0.875. The maximum Gasteiger partial charge on any atom is 2.00 e. The minimum Gasteiger partial charge on any atom is -0.789 e. The molecule has 0 spiro atoms. The van der Waals surface area contributed by atoms with Crippen molar-refractivity contribution in [1.82, 2.24) is 0 Å². The van der Waals surface area contributed by atoms with Crippen molar-refractivity contribution in [2.45, 2.75) is 90.6 Å². The smallest absolute Gasteiger partial charge is 0.789 e. The molecular formula is C16H36S2Sn. The Labute approximate surface area is 153 Å². The first-order valence-corrected chi connectivity index (χ1v) is 8.21. The van der Waals surface area contributed by atoms with Crippen molar-refractivity contribution in [2.24, 2.45) is 0 Å². The third kappa shape index (κ3) is 106. The summed E-state index contributed by atoms with van der Waals surface area (Å²) in [4.78, 5) is 0. The van der Waals surface area contributed by atoms with E-state index in [0.717, 1.165) is 12.8 Å². The summed E-state index contributed by atoms with van der Waals surface area (Å²) in [6.07, 6.45) is 6.83. The Hall–Kier alpha value is 1.50. The van der Waals surface area contributed by atoms with E-state index >= 15 is 0 Å². The number of hydrogen-bond donors (Lipinski definition) is 0. The molecule has 0 aromatic carbocycles. The summed E-state index contributed by atoms with van der Waals surface area (Å²) in [7, 11) is 0. The maximum atomic E-state index is 4.88. The summed E-state index contributed by atoms with van der Waals surface area (Å²) in [5.41, 5.74) is 0. The van der Waals surface area contributed by atoms with Crippen LogP contribution in [-0.4, -0.2) is 34.4 Å². The largest absolute Gasteiger partial charge is 2.00 e. The van der Waals surface area contributed by atoms with Gasteiger partial charge in [-0.1, -0.05) is 93.9 Å². The summed E-state index contributed by atoms with van der Waals surface area (Å²) in [6, 6.07) is 0. The Balaban J connectivity index is -0.0000000476. The van der Waals surface area contributed by atoms with E-state index in [1.807, 2.05) is 13.8 Å². The van der Waals surface area contributed by atoms with E-state index in [-0.39, 0.29) is 23.9 Å². The van der Waals surface area contributed by atoms with Gasteiger partial charge in [0, 0.05) is 0 Å². The van der Waals surface area contributed by atoms with Crippen LogP contribution in [0.5, 0.6) is 0 Å². The van der Waals surface area contributed by atoms with E-state index in [4.69, 9.17) is 25.3 Å². The molecule has 0 aliphatic carbocycles. The first-order valence-electron chi connectivity index (χ1n) is 7.27. The van der Waals surface area contributed by atoms with Gasteiger partial charge < -0.3 is 25.3 Å². The van der Waals surface area contributed by atoms with E-state index < -0.39 is 0 Å².